The lowest BCUT2D eigenvalue weighted by molar-refractivity contribution is -0.0711. The number of rotatable bonds is 15. The van der Waals surface area contributed by atoms with E-state index >= 15 is 0 Å². The van der Waals surface area contributed by atoms with Gasteiger partial charge < -0.3 is 14.6 Å². The predicted octanol–water partition coefficient (Wildman–Crippen LogP) is 9.84. The average Bonchev–Trinajstić information content (AvgIpc) is 2.88. The summed E-state index contributed by atoms with van der Waals surface area (Å²) in [6.45, 7) is 12.1. The van der Waals surface area contributed by atoms with Crippen LogP contribution in [0.5, 0.6) is 11.5 Å². The summed E-state index contributed by atoms with van der Waals surface area (Å²) in [4.78, 5) is 0. The lowest BCUT2D eigenvalue weighted by Crippen LogP contribution is -2.19. The maximum atomic E-state index is 9.67. The van der Waals surface area contributed by atoms with E-state index in [1.807, 2.05) is 19.1 Å². The van der Waals surface area contributed by atoms with Gasteiger partial charge in [0.25, 0.3) is 0 Å². The maximum Gasteiger partial charge on any atom is 0.196 e. The third-order valence-electron chi connectivity index (χ3n) is 8.24. The van der Waals surface area contributed by atoms with E-state index in [2.05, 4.69) is 64.1 Å². The highest BCUT2D eigenvalue weighted by molar-refractivity contribution is 5.30. The van der Waals surface area contributed by atoms with Crippen LogP contribution in [0.15, 0.2) is 48.5 Å². The summed E-state index contributed by atoms with van der Waals surface area (Å²) in [5, 5.41) is 9.67. The molecule has 0 saturated heterocycles. The summed E-state index contributed by atoms with van der Waals surface area (Å²) in [6, 6.07) is 16.5. The summed E-state index contributed by atoms with van der Waals surface area (Å²) >= 11 is 0. The SMILES string of the molecule is CC(C)CC(CCC(C)CC(C)c1ccc(OC(C)OCCC2CCCCC2)cc1)c1ccc(O)cc1. The molecule has 37 heavy (non-hydrogen) atoms. The summed E-state index contributed by atoms with van der Waals surface area (Å²) in [5.74, 6) is 4.49. The van der Waals surface area contributed by atoms with Crippen LogP contribution < -0.4 is 4.74 Å². The zero-order chi connectivity index (χ0) is 26.6. The second kappa shape index (κ2) is 15.4. The van der Waals surface area contributed by atoms with E-state index in [9.17, 15) is 5.11 Å². The Morgan fingerprint density at radius 1 is 0.784 bits per heavy atom. The lowest BCUT2D eigenvalue weighted by atomic mass is 9.82. The minimum atomic E-state index is -0.209. The van der Waals surface area contributed by atoms with Gasteiger partial charge in [0, 0.05) is 0 Å². The Morgan fingerprint density at radius 2 is 1.43 bits per heavy atom. The first-order valence-electron chi connectivity index (χ1n) is 15.0. The molecule has 1 aliphatic rings. The molecule has 0 aliphatic heterocycles. The van der Waals surface area contributed by atoms with E-state index in [1.165, 1.54) is 68.9 Å². The number of phenolic OH excluding ortho intramolecular Hbond substituents is 1. The molecular weight excluding hydrogens is 456 g/mol. The Kier molecular flexibility index (Phi) is 12.3. The Morgan fingerprint density at radius 3 is 2.08 bits per heavy atom. The highest BCUT2D eigenvalue weighted by Crippen LogP contribution is 2.34. The van der Waals surface area contributed by atoms with Crippen LogP contribution in [-0.4, -0.2) is 18.0 Å². The molecular formula is C34H52O3. The highest BCUT2D eigenvalue weighted by Gasteiger charge is 2.18. The van der Waals surface area contributed by atoms with E-state index in [-0.39, 0.29) is 6.29 Å². The minimum Gasteiger partial charge on any atom is -0.508 e. The van der Waals surface area contributed by atoms with Crippen LogP contribution in [0.2, 0.25) is 0 Å². The van der Waals surface area contributed by atoms with Crippen molar-refractivity contribution in [3.63, 3.8) is 0 Å². The Labute approximate surface area is 227 Å². The molecule has 4 atom stereocenters. The first-order valence-corrected chi connectivity index (χ1v) is 15.0. The normalized spacial score (nSPS) is 17.9. The lowest BCUT2D eigenvalue weighted by Gasteiger charge is -2.23. The fourth-order valence-corrected chi connectivity index (χ4v) is 6.06. The predicted molar refractivity (Wildman–Crippen MR) is 155 cm³/mol. The second-order valence-corrected chi connectivity index (χ2v) is 12.2. The van der Waals surface area contributed by atoms with Crippen molar-refractivity contribution in [1.29, 1.82) is 0 Å². The van der Waals surface area contributed by atoms with Gasteiger partial charge in [0.2, 0.25) is 0 Å². The molecule has 2 aromatic rings. The van der Waals surface area contributed by atoms with Crippen LogP contribution >= 0.6 is 0 Å². The largest absolute Gasteiger partial charge is 0.508 e. The van der Waals surface area contributed by atoms with E-state index in [0.717, 1.165) is 24.7 Å². The smallest absolute Gasteiger partial charge is 0.196 e. The highest BCUT2D eigenvalue weighted by atomic mass is 16.7. The Hall–Kier alpha value is -2.00. The third-order valence-corrected chi connectivity index (χ3v) is 8.24. The van der Waals surface area contributed by atoms with E-state index in [4.69, 9.17) is 9.47 Å². The standard InChI is InChI=1S/C34H52O3/c1-25(2)23-32(31-13-17-33(35)18-14-31)12-11-26(3)24-27(4)30-15-19-34(20-16-30)37-28(5)36-22-21-29-9-7-6-8-10-29/h13-20,25-29,32,35H,6-12,21-24H2,1-5H3. The molecule has 0 heterocycles. The van der Waals surface area contributed by atoms with Crippen molar-refractivity contribution in [2.45, 2.75) is 117 Å². The molecule has 1 aliphatic carbocycles. The van der Waals surface area contributed by atoms with Crippen molar-refractivity contribution in [2.24, 2.45) is 17.8 Å². The molecule has 0 aromatic heterocycles. The van der Waals surface area contributed by atoms with Crippen molar-refractivity contribution in [2.75, 3.05) is 6.61 Å². The zero-order valence-electron chi connectivity index (χ0n) is 24.1. The van der Waals surface area contributed by atoms with Gasteiger partial charge in [-0.15, -0.1) is 0 Å². The van der Waals surface area contributed by atoms with Gasteiger partial charge in [-0.25, -0.2) is 0 Å². The van der Waals surface area contributed by atoms with Gasteiger partial charge in [0.1, 0.15) is 11.5 Å². The zero-order valence-corrected chi connectivity index (χ0v) is 24.1. The quantitative estimate of drug-likeness (QED) is 0.243. The van der Waals surface area contributed by atoms with Gasteiger partial charge in [-0.2, -0.15) is 0 Å². The number of benzene rings is 2. The molecule has 0 radical (unpaired) electrons. The van der Waals surface area contributed by atoms with Crippen LogP contribution in [0.4, 0.5) is 0 Å². The molecule has 4 unspecified atom stereocenters. The van der Waals surface area contributed by atoms with Crippen LogP contribution in [0.25, 0.3) is 0 Å². The molecule has 0 bridgehead atoms. The number of phenols is 1. The maximum absolute atomic E-state index is 9.67. The van der Waals surface area contributed by atoms with E-state index in [1.54, 1.807) is 0 Å². The molecule has 1 N–H and O–H groups in total. The van der Waals surface area contributed by atoms with Gasteiger partial charge in [-0.05, 0) is 97.6 Å². The van der Waals surface area contributed by atoms with Crippen LogP contribution in [0.1, 0.15) is 122 Å². The molecule has 1 saturated carbocycles. The van der Waals surface area contributed by atoms with Crippen molar-refractivity contribution in [3.8, 4) is 11.5 Å². The number of ether oxygens (including phenoxy) is 2. The molecule has 3 heteroatoms. The fraction of sp³-hybridized carbons (Fsp3) is 0.647. The third kappa shape index (κ3) is 10.7. The monoisotopic (exact) mass is 508 g/mol. The first kappa shape index (κ1) is 29.6. The Balaban J connectivity index is 1.41. The topological polar surface area (TPSA) is 38.7 Å². The number of aromatic hydroxyl groups is 1. The van der Waals surface area contributed by atoms with Crippen LogP contribution in [0.3, 0.4) is 0 Å². The van der Waals surface area contributed by atoms with Gasteiger partial charge in [-0.1, -0.05) is 90.5 Å². The molecule has 1 fully saturated rings. The second-order valence-electron chi connectivity index (χ2n) is 12.2. The summed E-state index contributed by atoms with van der Waals surface area (Å²) in [7, 11) is 0. The number of hydrogen-bond donors (Lipinski definition) is 1. The first-order chi connectivity index (χ1) is 17.8. The summed E-state index contributed by atoms with van der Waals surface area (Å²) in [6.07, 6.45) is 12.7. The van der Waals surface area contributed by atoms with Gasteiger partial charge in [-0.3, -0.25) is 0 Å². The van der Waals surface area contributed by atoms with E-state index < -0.39 is 0 Å². The molecule has 0 spiro atoms. The molecule has 0 amide bonds. The average molecular weight is 509 g/mol. The van der Waals surface area contributed by atoms with Gasteiger partial charge >= 0.3 is 0 Å². The van der Waals surface area contributed by atoms with Crippen molar-refractivity contribution < 1.29 is 14.6 Å². The van der Waals surface area contributed by atoms with Crippen LogP contribution in [-0.2, 0) is 4.74 Å². The minimum absolute atomic E-state index is 0.209. The van der Waals surface area contributed by atoms with Gasteiger partial charge in [0.15, 0.2) is 6.29 Å². The fourth-order valence-electron chi connectivity index (χ4n) is 6.06. The van der Waals surface area contributed by atoms with Crippen molar-refractivity contribution in [1.82, 2.24) is 0 Å². The molecule has 2 aromatic carbocycles. The van der Waals surface area contributed by atoms with E-state index in [0.29, 0.717) is 29.4 Å². The van der Waals surface area contributed by atoms with Crippen LogP contribution in [0, 0.1) is 17.8 Å². The summed E-state index contributed by atoms with van der Waals surface area (Å²) in [5.41, 5.74) is 2.73. The van der Waals surface area contributed by atoms with Gasteiger partial charge in [0.05, 0.1) is 6.61 Å². The molecule has 206 valence electrons. The van der Waals surface area contributed by atoms with Crippen molar-refractivity contribution >= 4 is 0 Å². The molecule has 3 nitrogen and oxygen atoms in total. The Bertz CT molecular complexity index is 867. The van der Waals surface area contributed by atoms with Crippen molar-refractivity contribution in [3.05, 3.63) is 59.7 Å². The summed E-state index contributed by atoms with van der Waals surface area (Å²) < 4.78 is 12.0. The molecule has 3 rings (SSSR count). The number of hydrogen-bond acceptors (Lipinski definition) is 3.